The van der Waals surface area contributed by atoms with Crippen LogP contribution in [-0.4, -0.2) is 30.8 Å². The summed E-state index contributed by atoms with van der Waals surface area (Å²) in [6, 6.07) is 3.47. The molecule has 0 spiro atoms. The molecular formula is C12H17NO4S. The quantitative estimate of drug-likeness (QED) is 0.674. The van der Waals surface area contributed by atoms with Gasteiger partial charge in [0.25, 0.3) is 0 Å². The average Bonchev–Trinajstić information content (AvgIpc) is 2.74. The van der Waals surface area contributed by atoms with Gasteiger partial charge < -0.3 is 14.8 Å². The van der Waals surface area contributed by atoms with Crippen LogP contribution in [0.2, 0.25) is 0 Å². The van der Waals surface area contributed by atoms with Gasteiger partial charge in [-0.25, -0.2) is 9.59 Å². The minimum absolute atomic E-state index is 0.121. The predicted molar refractivity (Wildman–Crippen MR) is 68.8 cm³/mol. The number of carbonyl (C=O) groups is 2. The third-order valence-electron chi connectivity index (χ3n) is 1.73. The first-order valence-electron chi connectivity index (χ1n) is 5.56. The van der Waals surface area contributed by atoms with Crippen LogP contribution >= 0.6 is 11.3 Å². The highest BCUT2D eigenvalue weighted by Gasteiger charge is 2.15. The Morgan fingerprint density at radius 3 is 2.67 bits per heavy atom. The fourth-order valence-electron chi connectivity index (χ4n) is 1.08. The molecule has 0 aliphatic heterocycles. The van der Waals surface area contributed by atoms with Gasteiger partial charge in [-0.3, -0.25) is 0 Å². The molecule has 0 fully saturated rings. The zero-order valence-electron chi connectivity index (χ0n) is 10.7. The number of amides is 1. The molecule has 0 unspecified atom stereocenters. The third-order valence-corrected chi connectivity index (χ3v) is 2.58. The summed E-state index contributed by atoms with van der Waals surface area (Å²) in [5.74, 6) is -0.379. The Kier molecular flexibility index (Phi) is 5.15. The summed E-state index contributed by atoms with van der Waals surface area (Å²) < 4.78 is 10.00. The van der Waals surface area contributed by atoms with Crippen molar-refractivity contribution in [3.63, 3.8) is 0 Å². The lowest BCUT2D eigenvalue weighted by atomic mass is 10.2. The molecule has 0 aromatic carbocycles. The van der Waals surface area contributed by atoms with Gasteiger partial charge in [0.05, 0.1) is 6.54 Å². The molecule has 6 heteroatoms. The van der Waals surface area contributed by atoms with Crippen molar-refractivity contribution >= 4 is 23.4 Å². The number of alkyl carbamates (subject to hydrolysis) is 1. The van der Waals surface area contributed by atoms with Crippen molar-refractivity contribution in [2.24, 2.45) is 0 Å². The van der Waals surface area contributed by atoms with E-state index >= 15 is 0 Å². The fourth-order valence-corrected chi connectivity index (χ4v) is 1.69. The molecular weight excluding hydrogens is 254 g/mol. The summed E-state index contributed by atoms with van der Waals surface area (Å²) in [7, 11) is 0. The lowest BCUT2D eigenvalue weighted by Gasteiger charge is -2.19. The molecule has 1 heterocycles. The van der Waals surface area contributed by atoms with Crippen LogP contribution in [0, 0.1) is 0 Å². The highest BCUT2D eigenvalue weighted by Crippen LogP contribution is 2.09. The molecule has 0 bridgehead atoms. The summed E-state index contributed by atoms with van der Waals surface area (Å²) in [6.07, 6.45) is -0.519. The van der Waals surface area contributed by atoms with E-state index < -0.39 is 11.7 Å². The predicted octanol–water partition coefficient (Wildman–Crippen LogP) is 2.43. The van der Waals surface area contributed by atoms with E-state index in [-0.39, 0.29) is 19.1 Å². The van der Waals surface area contributed by atoms with Crippen molar-refractivity contribution in [1.29, 1.82) is 0 Å². The standard InChI is InChI=1S/C12H17NO4S/c1-12(2,3)17-11(15)13-6-7-16-10(14)9-5-4-8-18-9/h4-5,8H,6-7H2,1-3H3,(H,13,15). The number of carbonyl (C=O) groups excluding carboxylic acids is 2. The Morgan fingerprint density at radius 1 is 1.39 bits per heavy atom. The Bertz CT molecular complexity index is 395. The monoisotopic (exact) mass is 271 g/mol. The summed E-state index contributed by atoms with van der Waals surface area (Å²) in [5.41, 5.74) is -0.530. The van der Waals surface area contributed by atoms with Crippen LogP contribution in [0.4, 0.5) is 4.79 Å². The lowest BCUT2D eigenvalue weighted by Crippen LogP contribution is -2.34. The van der Waals surface area contributed by atoms with Crippen LogP contribution in [0.5, 0.6) is 0 Å². The second-order valence-electron chi connectivity index (χ2n) is 4.54. The molecule has 1 rings (SSSR count). The molecule has 1 aromatic rings. The van der Waals surface area contributed by atoms with Crippen LogP contribution in [0.25, 0.3) is 0 Å². The van der Waals surface area contributed by atoms with Crippen LogP contribution < -0.4 is 5.32 Å². The lowest BCUT2D eigenvalue weighted by molar-refractivity contribution is 0.0436. The molecule has 1 N–H and O–H groups in total. The van der Waals surface area contributed by atoms with Gasteiger partial charge in [-0.15, -0.1) is 11.3 Å². The van der Waals surface area contributed by atoms with Crippen molar-refractivity contribution in [3.05, 3.63) is 22.4 Å². The van der Waals surface area contributed by atoms with Gasteiger partial charge in [0.15, 0.2) is 0 Å². The number of nitrogens with one attached hydrogen (secondary N) is 1. The topological polar surface area (TPSA) is 64.6 Å². The van der Waals surface area contributed by atoms with Crippen molar-refractivity contribution in [2.75, 3.05) is 13.2 Å². The van der Waals surface area contributed by atoms with E-state index in [0.717, 1.165) is 0 Å². The molecule has 100 valence electrons. The summed E-state index contributed by atoms with van der Waals surface area (Å²) in [6.45, 7) is 5.69. The van der Waals surface area contributed by atoms with E-state index in [9.17, 15) is 9.59 Å². The van der Waals surface area contributed by atoms with Gasteiger partial charge in [-0.2, -0.15) is 0 Å². The average molecular weight is 271 g/mol. The first kappa shape index (κ1) is 14.5. The number of ether oxygens (including phenoxy) is 2. The summed E-state index contributed by atoms with van der Waals surface area (Å²) in [4.78, 5) is 23.2. The van der Waals surface area contributed by atoms with Gasteiger partial charge >= 0.3 is 12.1 Å². The first-order valence-corrected chi connectivity index (χ1v) is 6.44. The second kappa shape index (κ2) is 6.39. The van der Waals surface area contributed by atoms with Crippen LogP contribution in [-0.2, 0) is 9.47 Å². The van der Waals surface area contributed by atoms with Crippen molar-refractivity contribution in [1.82, 2.24) is 5.32 Å². The molecule has 0 aliphatic carbocycles. The first-order chi connectivity index (χ1) is 8.38. The zero-order valence-corrected chi connectivity index (χ0v) is 11.5. The maximum absolute atomic E-state index is 11.4. The van der Waals surface area contributed by atoms with Gasteiger partial charge in [0.2, 0.25) is 0 Å². The number of hydrogen-bond acceptors (Lipinski definition) is 5. The van der Waals surface area contributed by atoms with E-state index in [1.165, 1.54) is 11.3 Å². The molecule has 5 nitrogen and oxygen atoms in total. The Balaban J connectivity index is 2.16. The molecule has 0 aliphatic rings. The van der Waals surface area contributed by atoms with Gasteiger partial charge in [-0.05, 0) is 32.2 Å². The van der Waals surface area contributed by atoms with Crippen molar-refractivity contribution in [3.8, 4) is 0 Å². The number of esters is 1. The Labute approximate surface area is 110 Å². The number of rotatable bonds is 4. The minimum Gasteiger partial charge on any atom is -0.460 e. The third kappa shape index (κ3) is 5.67. The van der Waals surface area contributed by atoms with Gasteiger partial charge in [0.1, 0.15) is 17.1 Å². The largest absolute Gasteiger partial charge is 0.460 e. The van der Waals surface area contributed by atoms with Crippen LogP contribution in [0.15, 0.2) is 17.5 Å². The fraction of sp³-hybridized carbons (Fsp3) is 0.500. The normalized spacial score (nSPS) is 10.8. The maximum Gasteiger partial charge on any atom is 0.407 e. The van der Waals surface area contributed by atoms with Gasteiger partial charge in [0, 0.05) is 0 Å². The highest BCUT2D eigenvalue weighted by molar-refractivity contribution is 7.11. The van der Waals surface area contributed by atoms with E-state index in [2.05, 4.69) is 5.32 Å². The van der Waals surface area contributed by atoms with E-state index in [1.807, 2.05) is 0 Å². The second-order valence-corrected chi connectivity index (χ2v) is 5.49. The van der Waals surface area contributed by atoms with Crippen molar-refractivity contribution < 1.29 is 19.1 Å². The van der Waals surface area contributed by atoms with Gasteiger partial charge in [-0.1, -0.05) is 6.07 Å². The molecule has 0 saturated heterocycles. The van der Waals surface area contributed by atoms with Crippen molar-refractivity contribution in [2.45, 2.75) is 26.4 Å². The van der Waals surface area contributed by atoms with Crippen LogP contribution in [0.1, 0.15) is 30.4 Å². The Morgan fingerprint density at radius 2 is 2.11 bits per heavy atom. The van der Waals surface area contributed by atoms with E-state index in [0.29, 0.717) is 4.88 Å². The number of thiophene rings is 1. The molecule has 0 radical (unpaired) electrons. The maximum atomic E-state index is 11.4. The highest BCUT2D eigenvalue weighted by atomic mass is 32.1. The SMILES string of the molecule is CC(C)(C)OC(=O)NCCOC(=O)c1cccs1. The van der Waals surface area contributed by atoms with E-state index in [1.54, 1.807) is 38.3 Å². The molecule has 1 aromatic heterocycles. The molecule has 0 atom stereocenters. The van der Waals surface area contributed by atoms with E-state index in [4.69, 9.17) is 9.47 Å². The molecule has 1 amide bonds. The summed E-state index contributed by atoms with van der Waals surface area (Å²) >= 11 is 1.32. The van der Waals surface area contributed by atoms with Crippen LogP contribution in [0.3, 0.4) is 0 Å². The smallest absolute Gasteiger partial charge is 0.407 e. The summed E-state index contributed by atoms with van der Waals surface area (Å²) in [5, 5.41) is 4.31. The molecule has 0 saturated carbocycles. The molecule has 18 heavy (non-hydrogen) atoms. The minimum atomic E-state index is -0.530. The zero-order chi connectivity index (χ0) is 13.6. The number of hydrogen-bond donors (Lipinski definition) is 1. The Hall–Kier alpha value is -1.56.